The van der Waals surface area contributed by atoms with Gasteiger partial charge < -0.3 is 15.4 Å². The minimum atomic E-state index is 0.323. The van der Waals surface area contributed by atoms with Crippen LogP contribution in [0.4, 0.5) is 11.8 Å². The lowest BCUT2D eigenvalue weighted by Gasteiger charge is -2.32. The molecule has 0 amide bonds. The third-order valence-electron chi connectivity index (χ3n) is 3.16. The van der Waals surface area contributed by atoms with Crippen LogP contribution in [0.3, 0.4) is 0 Å². The molecule has 0 aliphatic carbocycles. The van der Waals surface area contributed by atoms with Gasteiger partial charge in [0.1, 0.15) is 5.82 Å². The Hall–Kier alpha value is -1.36. The zero-order valence-electron chi connectivity index (χ0n) is 11.8. The van der Waals surface area contributed by atoms with Crippen LogP contribution in [0.2, 0.25) is 0 Å². The maximum absolute atomic E-state index is 5.70. The van der Waals surface area contributed by atoms with Crippen LogP contribution in [0, 0.1) is 6.92 Å². The number of methoxy groups -OCH3 is 1. The monoisotopic (exact) mass is 252 g/mol. The number of aryl methyl sites for hydroxylation is 1. The molecular weight excluding hydrogens is 228 g/mol. The third-order valence-corrected chi connectivity index (χ3v) is 3.16. The number of hydrogen-bond donors (Lipinski definition) is 1. The van der Waals surface area contributed by atoms with E-state index in [1.807, 2.05) is 6.92 Å². The maximum Gasteiger partial charge on any atom is 0.221 e. The lowest BCUT2D eigenvalue weighted by molar-refractivity contribution is 0.202. The average Bonchev–Trinajstić information content (AvgIpc) is 2.38. The van der Waals surface area contributed by atoms with Crippen molar-refractivity contribution < 1.29 is 4.74 Å². The molecule has 0 atom stereocenters. The molecule has 0 saturated carbocycles. The van der Waals surface area contributed by atoms with E-state index in [-0.39, 0.29) is 0 Å². The molecule has 1 rings (SSSR count). The van der Waals surface area contributed by atoms with Crippen molar-refractivity contribution >= 4 is 11.8 Å². The minimum Gasteiger partial charge on any atom is -0.383 e. The Labute approximate surface area is 109 Å². The van der Waals surface area contributed by atoms with Crippen molar-refractivity contribution in [3.05, 3.63) is 11.8 Å². The molecule has 0 fully saturated rings. The molecule has 0 unspecified atom stereocenters. The summed E-state index contributed by atoms with van der Waals surface area (Å²) in [7, 11) is 1.71. The van der Waals surface area contributed by atoms with Crippen LogP contribution in [-0.4, -0.2) is 36.3 Å². The Bertz CT molecular complexity index is 366. The molecule has 102 valence electrons. The number of ether oxygens (including phenoxy) is 1. The number of hydrogen-bond acceptors (Lipinski definition) is 5. The molecule has 1 aromatic heterocycles. The molecule has 5 nitrogen and oxygen atoms in total. The lowest BCUT2D eigenvalue weighted by Crippen LogP contribution is -2.38. The number of nitrogens with zero attached hydrogens (tertiary/aromatic N) is 3. The molecule has 0 spiro atoms. The largest absolute Gasteiger partial charge is 0.383 e. The van der Waals surface area contributed by atoms with E-state index >= 15 is 0 Å². The Kier molecular flexibility index (Phi) is 5.85. The van der Waals surface area contributed by atoms with Gasteiger partial charge in [-0.15, -0.1) is 0 Å². The second-order valence-corrected chi connectivity index (χ2v) is 4.39. The normalized spacial score (nSPS) is 10.9. The molecule has 0 saturated heterocycles. The number of anilines is 2. The predicted octanol–water partition coefficient (Wildman–Crippen LogP) is 2.01. The van der Waals surface area contributed by atoms with Crippen LogP contribution in [-0.2, 0) is 4.74 Å². The van der Waals surface area contributed by atoms with Gasteiger partial charge in [-0.3, -0.25) is 0 Å². The molecule has 0 aliphatic rings. The highest BCUT2D eigenvalue weighted by Gasteiger charge is 2.19. The van der Waals surface area contributed by atoms with Crippen molar-refractivity contribution in [2.75, 3.05) is 30.9 Å². The van der Waals surface area contributed by atoms with Crippen LogP contribution in [0.15, 0.2) is 6.20 Å². The molecule has 0 aromatic carbocycles. The first-order chi connectivity index (χ1) is 8.63. The maximum atomic E-state index is 5.70. The van der Waals surface area contributed by atoms with Crippen LogP contribution < -0.4 is 10.6 Å². The SMILES string of the molecule is CCC(CC)N(CCOC)c1nc(N)ncc1C. The summed E-state index contributed by atoms with van der Waals surface area (Å²) in [6.07, 6.45) is 3.92. The van der Waals surface area contributed by atoms with Crippen LogP contribution in [0.25, 0.3) is 0 Å². The van der Waals surface area contributed by atoms with Gasteiger partial charge in [0.05, 0.1) is 6.61 Å². The second-order valence-electron chi connectivity index (χ2n) is 4.39. The van der Waals surface area contributed by atoms with E-state index in [1.165, 1.54) is 0 Å². The van der Waals surface area contributed by atoms with Gasteiger partial charge >= 0.3 is 0 Å². The van der Waals surface area contributed by atoms with E-state index in [0.717, 1.165) is 30.8 Å². The molecule has 1 aromatic rings. The van der Waals surface area contributed by atoms with Crippen molar-refractivity contribution in [3.8, 4) is 0 Å². The Morgan fingerprint density at radius 3 is 2.61 bits per heavy atom. The molecule has 0 aliphatic heterocycles. The molecule has 2 N–H and O–H groups in total. The summed E-state index contributed by atoms with van der Waals surface area (Å²) >= 11 is 0. The zero-order valence-corrected chi connectivity index (χ0v) is 11.8. The highest BCUT2D eigenvalue weighted by molar-refractivity contribution is 5.48. The quantitative estimate of drug-likeness (QED) is 0.804. The van der Waals surface area contributed by atoms with Gasteiger partial charge in [0.15, 0.2) is 0 Å². The van der Waals surface area contributed by atoms with Crippen LogP contribution in [0.5, 0.6) is 0 Å². The van der Waals surface area contributed by atoms with Gasteiger partial charge in [-0.05, 0) is 19.8 Å². The van der Waals surface area contributed by atoms with Gasteiger partial charge in [0.25, 0.3) is 0 Å². The third kappa shape index (κ3) is 3.57. The first kappa shape index (κ1) is 14.7. The Morgan fingerprint density at radius 1 is 1.39 bits per heavy atom. The van der Waals surface area contributed by atoms with Crippen LogP contribution >= 0.6 is 0 Å². The highest BCUT2D eigenvalue weighted by Crippen LogP contribution is 2.22. The van der Waals surface area contributed by atoms with Crippen molar-refractivity contribution in [1.29, 1.82) is 0 Å². The Morgan fingerprint density at radius 2 is 2.06 bits per heavy atom. The van der Waals surface area contributed by atoms with Crippen LogP contribution in [0.1, 0.15) is 32.3 Å². The summed E-state index contributed by atoms with van der Waals surface area (Å²) in [5.74, 6) is 1.25. The summed E-state index contributed by atoms with van der Waals surface area (Å²) in [5.41, 5.74) is 6.75. The van der Waals surface area contributed by atoms with E-state index < -0.39 is 0 Å². The van der Waals surface area contributed by atoms with E-state index in [2.05, 4.69) is 28.7 Å². The van der Waals surface area contributed by atoms with E-state index in [1.54, 1.807) is 13.3 Å². The molecule has 1 heterocycles. The fourth-order valence-corrected chi connectivity index (χ4v) is 2.12. The van der Waals surface area contributed by atoms with Crippen molar-refractivity contribution in [1.82, 2.24) is 9.97 Å². The van der Waals surface area contributed by atoms with E-state index in [4.69, 9.17) is 10.5 Å². The van der Waals surface area contributed by atoms with Gasteiger partial charge in [-0.25, -0.2) is 4.98 Å². The molecule has 5 heteroatoms. The lowest BCUT2D eigenvalue weighted by atomic mass is 10.1. The van der Waals surface area contributed by atoms with E-state index in [9.17, 15) is 0 Å². The molecule has 0 radical (unpaired) electrons. The number of nitrogens with two attached hydrogens (primary N) is 1. The summed E-state index contributed by atoms with van der Waals surface area (Å²) < 4.78 is 5.19. The highest BCUT2D eigenvalue weighted by atomic mass is 16.5. The molecular formula is C13H24N4O. The standard InChI is InChI=1S/C13H24N4O/c1-5-11(6-2)17(7-8-18-4)12-10(3)9-15-13(14)16-12/h9,11H,5-8H2,1-4H3,(H2,14,15,16). The van der Waals surface area contributed by atoms with Crippen molar-refractivity contribution in [2.45, 2.75) is 39.7 Å². The summed E-state index contributed by atoms with van der Waals surface area (Å²) in [4.78, 5) is 10.7. The first-order valence-corrected chi connectivity index (χ1v) is 6.48. The molecule has 0 bridgehead atoms. The summed E-state index contributed by atoms with van der Waals surface area (Å²) in [6.45, 7) is 7.89. The Balaban J connectivity index is 3.03. The predicted molar refractivity (Wildman–Crippen MR) is 74.8 cm³/mol. The number of aromatic nitrogens is 2. The minimum absolute atomic E-state index is 0.323. The van der Waals surface area contributed by atoms with Gasteiger partial charge in [0, 0.05) is 31.5 Å². The van der Waals surface area contributed by atoms with Crippen molar-refractivity contribution in [2.24, 2.45) is 0 Å². The average molecular weight is 252 g/mol. The van der Waals surface area contributed by atoms with Gasteiger partial charge in [-0.2, -0.15) is 4.98 Å². The zero-order chi connectivity index (χ0) is 13.5. The molecule has 18 heavy (non-hydrogen) atoms. The van der Waals surface area contributed by atoms with E-state index in [0.29, 0.717) is 18.6 Å². The van der Waals surface area contributed by atoms with Gasteiger partial charge in [0.2, 0.25) is 5.95 Å². The smallest absolute Gasteiger partial charge is 0.221 e. The first-order valence-electron chi connectivity index (χ1n) is 6.48. The van der Waals surface area contributed by atoms with Gasteiger partial charge in [-0.1, -0.05) is 13.8 Å². The topological polar surface area (TPSA) is 64.3 Å². The second kappa shape index (κ2) is 7.16. The summed E-state index contributed by atoms with van der Waals surface area (Å²) in [6, 6.07) is 0.452. The van der Waals surface area contributed by atoms with Crippen molar-refractivity contribution in [3.63, 3.8) is 0 Å². The fourth-order valence-electron chi connectivity index (χ4n) is 2.12. The fraction of sp³-hybridized carbons (Fsp3) is 0.692. The summed E-state index contributed by atoms with van der Waals surface area (Å²) in [5, 5.41) is 0. The number of rotatable bonds is 7. The number of nitrogen functional groups attached to an aromatic ring is 1.